The maximum atomic E-state index is 12.8. The van der Waals surface area contributed by atoms with Gasteiger partial charge in [-0.2, -0.15) is 0 Å². The number of nitro benzene ring substituents is 1. The van der Waals surface area contributed by atoms with Crippen molar-refractivity contribution in [3.05, 3.63) is 75.3 Å². The van der Waals surface area contributed by atoms with Gasteiger partial charge in [0.25, 0.3) is 11.6 Å². The third-order valence-corrected chi connectivity index (χ3v) is 3.86. The number of nitrogens with zero attached hydrogens (tertiary/aromatic N) is 2. The van der Waals surface area contributed by atoms with Crippen LogP contribution in [0.15, 0.2) is 48.5 Å². The van der Waals surface area contributed by atoms with Crippen LogP contribution in [-0.4, -0.2) is 35.4 Å². The van der Waals surface area contributed by atoms with Gasteiger partial charge < -0.3 is 10.6 Å². The number of carbonyl (C=O) groups is 1. The number of carbonyl (C=O) groups excluding carboxylic acids is 1. The summed E-state index contributed by atoms with van der Waals surface area (Å²) in [4.78, 5) is 24.9. The Balaban J connectivity index is 0.00000312. The highest BCUT2D eigenvalue weighted by Crippen LogP contribution is 2.19. The van der Waals surface area contributed by atoms with Gasteiger partial charge in [-0.25, -0.2) is 0 Å². The molecule has 0 aliphatic heterocycles. The molecule has 0 atom stereocenters. The minimum absolute atomic E-state index is 0. The number of rotatable bonds is 7. The summed E-state index contributed by atoms with van der Waals surface area (Å²) in [5.41, 5.74) is 7.74. The minimum atomic E-state index is -0.493. The molecule has 2 aromatic carbocycles. The number of amides is 1. The number of hydrogen-bond acceptors (Lipinski definition) is 4. The van der Waals surface area contributed by atoms with Crippen molar-refractivity contribution in [1.82, 2.24) is 4.90 Å². The molecule has 2 N–H and O–H groups in total. The molecule has 7 heteroatoms. The summed E-state index contributed by atoms with van der Waals surface area (Å²) in [5.74, 6) is -0.224. The van der Waals surface area contributed by atoms with Gasteiger partial charge >= 0.3 is 0 Å². The fraction of sp³-hybridized carbons (Fsp3) is 0.278. The lowest BCUT2D eigenvalue weighted by atomic mass is 10.1. The Morgan fingerprint density at radius 3 is 2.44 bits per heavy atom. The van der Waals surface area contributed by atoms with E-state index in [2.05, 4.69) is 0 Å². The van der Waals surface area contributed by atoms with Crippen LogP contribution in [0.3, 0.4) is 0 Å². The average Bonchev–Trinajstić information content (AvgIpc) is 2.59. The summed E-state index contributed by atoms with van der Waals surface area (Å²) in [6.07, 6.45) is 0.709. The molecule has 25 heavy (non-hydrogen) atoms. The van der Waals surface area contributed by atoms with Crippen molar-refractivity contribution < 1.29 is 9.72 Å². The van der Waals surface area contributed by atoms with Crippen molar-refractivity contribution >= 4 is 24.0 Å². The molecule has 0 spiro atoms. The quantitative estimate of drug-likeness (QED) is 0.605. The largest absolute Gasteiger partial charge is 0.337 e. The SMILES string of the molecule is Cc1ccc([N+](=O)[O-])cc1C(=O)N(CCN)CCc1ccccc1.Cl. The van der Waals surface area contributed by atoms with Gasteiger partial charge in [-0.3, -0.25) is 14.9 Å². The predicted molar refractivity (Wildman–Crippen MR) is 100 cm³/mol. The number of aryl methyl sites for hydroxylation is 1. The summed E-state index contributed by atoms with van der Waals surface area (Å²) in [5, 5.41) is 11.0. The Hall–Kier alpha value is -2.44. The van der Waals surface area contributed by atoms with Crippen LogP contribution in [0.4, 0.5) is 5.69 Å². The lowest BCUT2D eigenvalue weighted by molar-refractivity contribution is -0.384. The van der Waals surface area contributed by atoms with E-state index >= 15 is 0 Å². The molecule has 0 fully saturated rings. The molecule has 0 heterocycles. The maximum absolute atomic E-state index is 12.8. The average molecular weight is 364 g/mol. The Labute approximate surface area is 153 Å². The maximum Gasteiger partial charge on any atom is 0.270 e. The Morgan fingerprint density at radius 1 is 1.16 bits per heavy atom. The summed E-state index contributed by atoms with van der Waals surface area (Å²) in [7, 11) is 0. The first-order valence-corrected chi connectivity index (χ1v) is 7.81. The molecule has 0 saturated carbocycles. The van der Waals surface area contributed by atoms with Gasteiger partial charge in [0.15, 0.2) is 0 Å². The van der Waals surface area contributed by atoms with Crippen molar-refractivity contribution in [2.45, 2.75) is 13.3 Å². The summed E-state index contributed by atoms with van der Waals surface area (Å²) in [6, 6.07) is 14.2. The van der Waals surface area contributed by atoms with Crippen molar-refractivity contribution in [3.8, 4) is 0 Å². The topological polar surface area (TPSA) is 89.5 Å². The Bertz CT molecular complexity index is 723. The zero-order valence-corrected chi connectivity index (χ0v) is 14.9. The number of non-ortho nitro benzene ring substituents is 1. The van der Waals surface area contributed by atoms with E-state index in [1.54, 1.807) is 17.9 Å². The van der Waals surface area contributed by atoms with Gasteiger partial charge in [0, 0.05) is 37.3 Å². The predicted octanol–water partition coefficient (Wildman–Crippen LogP) is 2.97. The Morgan fingerprint density at radius 2 is 1.84 bits per heavy atom. The first-order valence-electron chi connectivity index (χ1n) is 7.81. The van der Waals surface area contributed by atoms with Gasteiger partial charge in [0.05, 0.1) is 4.92 Å². The first kappa shape index (κ1) is 20.6. The number of halogens is 1. The Kier molecular flexibility index (Phi) is 8.04. The van der Waals surface area contributed by atoms with Crippen molar-refractivity contribution in [2.75, 3.05) is 19.6 Å². The third kappa shape index (κ3) is 5.55. The normalized spacial score (nSPS) is 10.0. The van der Waals surface area contributed by atoms with Crippen LogP contribution >= 0.6 is 12.4 Å². The fourth-order valence-corrected chi connectivity index (χ4v) is 2.50. The van der Waals surface area contributed by atoms with Crippen LogP contribution in [0.5, 0.6) is 0 Å². The second-order valence-electron chi connectivity index (χ2n) is 5.57. The zero-order valence-electron chi connectivity index (χ0n) is 14.1. The molecule has 2 rings (SSSR count). The van der Waals surface area contributed by atoms with Crippen LogP contribution in [0.2, 0.25) is 0 Å². The monoisotopic (exact) mass is 363 g/mol. The van der Waals surface area contributed by atoms with Crippen molar-refractivity contribution in [1.29, 1.82) is 0 Å². The highest BCUT2D eigenvalue weighted by Gasteiger charge is 2.20. The molecule has 0 aliphatic rings. The summed E-state index contributed by atoms with van der Waals surface area (Å²) in [6.45, 7) is 3.04. The molecule has 0 aromatic heterocycles. The standard InChI is InChI=1S/C18H21N3O3.ClH/c1-14-7-8-16(21(23)24)13-17(14)18(22)20(12-10-19)11-9-15-5-3-2-4-6-15;/h2-8,13H,9-12,19H2,1H3;1H. The number of nitro groups is 1. The van der Waals surface area contributed by atoms with Crippen molar-refractivity contribution in [2.24, 2.45) is 5.73 Å². The number of nitrogens with two attached hydrogens (primary N) is 1. The van der Waals surface area contributed by atoms with Crippen LogP contribution in [-0.2, 0) is 6.42 Å². The van der Waals surface area contributed by atoms with E-state index in [4.69, 9.17) is 5.73 Å². The van der Waals surface area contributed by atoms with Gasteiger partial charge in [0.1, 0.15) is 0 Å². The van der Waals surface area contributed by atoms with Gasteiger partial charge in [-0.15, -0.1) is 12.4 Å². The van der Waals surface area contributed by atoms with E-state index in [0.717, 1.165) is 5.56 Å². The lowest BCUT2D eigenvalue weighted by Gasteiger charge is -2.23. The van der Waals surface area contributed by atoms with E-state index in [-0.39, 0.29) is 24.0 Å². The fourth-order valence-electron chi connectivity index (χ4n) is 2.50. The van der Waals surface area contributed by atoms with E-state index in [1.165, 1.54) is 12.1 Å². The van der Waals surface area contributed by atoms with Crippen molar-refractivity contribution in [3.63, 3.8) is 0 Å². The smallest absolute Gasteiger partial charge is 0.270 e. The van der Waals surface area contributed by atoms with E-state index < -0.39 is 4.92 Å². The number of hydrogen-bond donors (Lipinski definition) is 1. The molecule has 6 nitrogen and oxygen atoms in total. The molecular weight excluding hydrogens is 342 g/mol. The summed E-state index contributed by atoms with van der Waals surface area (Å²) >= 11 is 0. The minimum Gasteiger partial charge on any atom is -0.337 e. The third-order valence-electron chi connectivity index (χ3n) is 3.86. The van der Waals surface area contributed by atoms with Crippen LogP contribution in [0, 0.1) is 17.0 Å². The van der Waals surface area contributed by atoms with Gasteiger partial charge in [-0.05, 0) is 24.5 Å². The van der Waals surface area contributed by atoms with E-state index in [0.29, 0.717) is 37.2 Å². The van der Waals surface area contributed by atoms with E-state index in [1.807, 2.05) is 30.3 Å². The second-order valence-corrected chi connectivity index (χ2v) is 5.57. The molecule has 0 unspecified atom stereocenters. The molecule has 0 saturated heterocycles. The van der Waals surface area contributed by atoms with E-state index in [9.17, 15) is 14.9 Å². The number of benzene rings is 2. The molecule has 0 radical (unpaired) electrons. The molecule has 0 bridgehead atoms. The van der Waals surface area contributed by atoms with Crippen LogP contribution in [0.1, 0.15) is 21.5 Å². The first-order chi connectivity index (χ1) is 11.5. The molecule has 1 amide bonds. The molecule has 134 valence electrons. The lowest BCUT2D eigenvalue weighted by Crippen LogP contribution is -2.37. The van der Waals surface area contributed by atoms with Gasteiger partial charge in [0.2, 0.25) is 0 Å². The highest BCUT2D eigenvalue weighted by atomic mass is 35.5. The second kappa shape index (κ2) is 9.76. The molecule has 0 aliphatic carbocycles. The molecule has 2 aromatic rings. The van der Waals surface area contributed by atoms with Gasteiger partial charge in [-0.1, -0.05) is 36.4 Å². The van der Waals surface area contributed by atoms with Crippen LogP contribution < -0.4 is 5.73 Å². The van der Waals surface area contributed by atoms with Crippen LogP contribution in [0.25, 0.3) is 0 Å². The highest BCUT2D eigenvalue weighted by molar-refractivity contribution is 5.96. The zero-order chi connectivity index (χ0) is 17.5. The summed E-state index contributed by atoms with van der Waals surface area (Å²) < 4.78 is 0. The molecular formula is C18H22ClN3O3.